The van der Waals surface area contributed by atoms with Crippen molar-refractivity contribution in [2.24, 2.45) is 15.6 Å². The normalized spacial score (nSPS) is 11.5. The number of benzene rings is 8. The number of ether oxygens (including phenoxy) is 2. The number of aromatic hydroxyl groups is 1. The van der Waals surface area contributed by atoms with Gasteiger partial charge in [-0.1, -0.05) is 129 Å². The third-order valence-electron chi connectivity index (χ3n) is 18.1. The van der Waals surface area contributed by atoms with E-state index in [9.17, 15) is 53.4 Å². The van der Waals surface area contributed by atoms with Gasteiger partial charge in [0, 0.05) is 81.1 Å². The molecule has 28 nitrogen and oxygen atoms in total. The van der Waals surface area contributed by atoms with E-state index >= 15 is 0 Å². The van der Waals surface area contributed by atoms with Gasteiger partial charge in [-0.25, -0.2) is 49.2 Å². The molecule has 13 aromatic rings. The van der Waals surface area contributed by atoms with E-state index in [2.05, 4.69) is 46.0 Å². The molecule has 1 radical (unpaired) electrons. The van der Waals surface area contributed by atoms with E-state index in [-0.39, 0.29) is 111 Å². The second-order valence-electron chi connectivity index (χ2n) is 26.0. The number of phenolic OH excluding ortho intramolecular Hbond substituents is 1. The summed E-state index contributed by atoms with van der Waals surface area (Å²) in [6.07, 6.45) is 4.93. The molecule has 1 aliphatic rings. The SMILES string of the molecule is C.C.CCOC(=O)C(CC)(Cc1ccccc1)Cc1cc2ccc(=O)oc2cc1C.Cc1cc2ccc(=O)oc2cc1C.Cc1cc2oc(=O)ccc2cc1CBr.N=C=O.N=C=O.O=C(Cc1ccccc1)NC1Cc2cc3ccc(=O)oc3cc2OC1=O.O=C(O)C(Cc1ccccc1)Cc1cc2ccc(=O)oc2cc1O.O=C=O.O=C=O.[B]=NS.[H-].[Na+]. The smallest absolute Gasteiger partial charge is 1.00 e. The number of nitrogens with one attached hydrogen (secondary N) is 3. The van der Waals surface area contributed by atoms with Crippen molar-refractivity contribution >= 4 is 140 Å². The van der Waals surface area contributed by atoms with Crippen LogP contribution in [0.1, 0.15) is 97.7 Å². The largest absolute Gasteiger partial charge is 1.00 e. The predicted molar refractivity (Wildman–Crippen MR) is 464 cm³/mol. The van der Waals surface area contributed by atoms with Crippen molar-refractivity contribution in [3.8, 4) is 11.5 Å². The standard InChI is InChI=1S/C24H26O4.C20H15NO5.C19H16O5.C11H9BrO2.C11H10O2.2CHNO.2CO2.2CH4.BHNS.Na.H/c1-4-24(23(26)27-5-2,15-18-9-7-6-8-10-18)16-20-14-19-11-12-22(25)28-21(19)13-17(20)3;22-18(8-12-4-2-1-3-5-12)21-15-10-14-9-13-6-7-19(23)25-16(13)11-17(14)26-20(15)24;20-16-11-17-13(6-7-18(21)24-17)9-14(16)10-15(19(22)23)8-12-4-2-1-3-5-12;1-7-4-10-8(5-9(7)6-12)2-3-11(13)14-10;1-7-5-9-3-4-11(12)13-10(9)6-8(7)2;4*2-1-3;;;1-2-3;;/h6-14H,4-5,15-16H2,1-3H3;1-7,9,11,15H,8,10H2,(H,21,22);1-7,9,11,15,20H,8,10H2,(H,22,23);2-5H,6H2,1H3;3-6H,1-2H3;2*2H;;;2*1H4;3H;;/q;;;;;;;;;;;;+1;-1. The molecule has 8 aromatic carbocycles. The zero-order chi connectivity index (χ0) is 88.4. The fourth-order valence-electron chi connectivity index (χ4n) is 12.2. The Labute approximate surface area is 743 Å². The van der Waals surface area contributed by atoms with Gasteiger partial charge in [0.05, 0.1) is 24.4 Å². The maximum absolute atomic E-state index is 13.0. The number of thiol groups is 1. The first-order valence-corrected chi connectivity index (χ1v) is 37.7. The molecule has 0 aliphatic carbocycles. The first-order valence-electron chi connectivity index (χ1n) is 36.1. The fraction of sp³-hybridized carbons (Fsp3) is 0.220. The van der Waals surface area contributed by atoms with E-state index in [0.29, 0.717) is 77.7 Å². The number of alkyl halides is 1. The number of halogens is 1. The summed E-state index contributed by atoms with van der Waals surface area (Å²) in [6.45, 7) is 12.3. The molecule has 5 aromatic heterocycles. The van der Waals surface area contributed by atoms with Gasteiger partial charge in [0.25, 0.3) is 0 Å². The van der Waals surface area contributed by atoms with E-state index in [1.54, 1.807) is 42.5 Å². The summed E-state index contributed by atoms with van der Waals surface area (Å²) in [6, 6.07) is 61.6. The summed E-state index contributed by atoms with van der Waals surface area (Å²) >= 11 is 6.61. The van der Waals surface area contributed by atoms with Gasteiger partial charge >= 0.3 is 113 Å². The van der Waals surface area contributed by atoms with Gasteiger partial charge in [-0.3, -0.25) is 14.4 Å². The minimum Gasteiger partial charge on any atom is -1.00 e. The predicted octanol–water partition coefficient (Wildman–Crippen LogP) is 12.4. The minimum atomic E-state index is -0.919. The van der Waals surface area contributed by atoms with Crippen LogP contribution in [0.4, 0.5) is 0 Å². The zero-order valence-electron chi connectivity index (χ0n) is 67.5. The molecular formula is C91H88BBrN4NaO24S. The second-order valence-corrected chi connectivity index (χ2v) is 26.8. The Morgan fingerprint density at radius 2 is 0.911 bits per heavy atom. The van der Waals surface area contributed by atoms with E-state index in [4.69, 9.17) is 71.1 Å². The number of rotatable bonds is 16. The van der Waals surface area contributed by atoms with Gasteiger partial charge in [0.1, 0.15) is 45.5 Å². The van der Waals surface area contributed by atoms with Crippen LogP contribution in [0.25, 0.3) is 54.8 Å². The molecule has 0 saturated carbocycles. The molecule has 0 spiro atoms. The van der Waals surface area contributed by atoms with Crippen LogP contribution >= 0.6 is 28.7 Å². The van der Waals surface area contributed by atoms with Crippen molar-refractivity contribution in [2.75, 3.05) is 6.61 Å². The van der Waals surface area contributed by atoms with Crippen LogP contribution < -0.4 is 67.7 Å². The maximum Gasteiger partial charge on any atom is 1.00 e. The van der Waals surface area contributed by atoms with Crippen molar-refractivity contribution in [2.45, 2.75) is 113 Å². The number of nitrogens with zero attached hydrogens (tertiary/aromatic N) is 1. The summed E-state index contributed by atoms with van der Waals surface area (Å²) in [7, 11) is 4.34. The zero-order valence-corrected chi connectivity index (χ0v) is 70.9. The number of fused-ring (bicyclic) bond motifs is 6. The van der Waals surface area contributed by atoms with Gasteiger partial charge in [0.2, 0.25) is 18.1 Å². The molecule has 0 fully saturated rings. The molecule has 123 heavy (non-hydrogen) atoms. The molecule has 0 saturated heterocycles. The first kappa shape index (κ1) is 106. The van der Waals surface area contributed by atoms with Crippen molar-refractivity contribution in [3.63, 3.8) is 0 Å². The Balaban J connectivity index is 0.000000752. The molecule has 1 aliphatic heterocycles. The monoisotopic (exact) mass is 1770 g/mol. The van der Waals surface area contributed by atoms with E-state index in [1.165, 1.54) is 53.6 Å². The summed E-state index contributed by atoms with van der Waals surface area (Å²) in [4.78, 5) is 154. The van der Waals surface area contributed by atoms with Crippen LogP contribution in [-0.2, 0) is 96.5 Å². The molecule has 14 rings (SSSR count). The Hall–Kier alpha value is -13.3. The molecule has 3 atom stereocenters. The summed E-state index contributed by atoms with van der Waals surface area (Å²) in [5, 5.41) is 38.2. The first-order chi connectivity index (χ1) is 57.5. The number of esters is 2. The average molecular weight is 1770 g/mol. The third-order valence-corrected chi connectivity index (χ3v) is 18.7. The van der Waals surface area contributed by atoms with Crippen LogP contribution in [0.3, 0.4) is 0 Å². The van der Waals surface area contributed by atoms with Crippen molar-refractivity contribution in [3.05, 3.63) is 326 Å². The molecule has 5 N–H and O–H groups in total. The maximum atomic E-state index is 13.0. The number of carboxylic acid groups (broad SMARTS) is 1. The molecule has 0 bridgehead atoms. The summed E-state index contributed by atoms with van der Waals surface area (Å²) in [5.41, 5.74) is 10.9. The Morgan fingerprint density at radius 3 is 1.33 bits per heavy atom. The van der Waals surface area contributed by atoms with Crippen LogP contribution in [-0.4, -0.2) is 78.8 Å². The molecule has 32 heteroatoms. The average Bonchev–Trinajstić information content (AvgIpc) is 0.792. The van der Waals surface area contributed by atoms with Gasteiger partial charge in [-0.05, 0) is 207 Å². The van der Waals surface area contributed by atoms with Crippen LogP contribution in [0.5, 0.6) is 11.5 Å². The summed E-state index contributed by atoms with van der Waals surface area (Å²) < 4.78 is 39.0. The topological polar surface area (TPSA) is 453 Å². The van der Waals surface area contributed by atoms with E-state index < -0.39 is 40.6 Å². The van der Waals surface area contributed by atoms with Gasteiger partial charge < -0.3 is 48.5 Å². The van der Waals surface area contributed by atoms with Crippen LogP contribution in [0, 0.1) is 49.8 Å². The second kappa shape index (κ2) is 54.8. The van der Waals surface area contributed by atoms with E-state index in [1.807, 2.05) is 169 Å². The van der Waals surface area contributed by atoms with Gasteiger partial charge in [-0.2, -0.15) is 19.2 Å². The number of carbonyl (C=O) groups is 4. The summed E-state index contributed by atoms with van der Waals surface area (Å²) in [5.74, 6) is -2.24. The minimum absolute atomic E-state index is 0. The van der Waals surface area contributed by atoms with Gasteiger partial charge in [0.15, 0.2) is 0 Å². The van der Waals surface area contributed by atoms with Crippen molar-refractivity contribution < 1.29 is 121 Å². The quantitative estimate of drug-likeness (QED) is 0.00764. The Kier molecular flexibility index (Phi) is 47.1. The fourth-order valence-corrected chi connectivity index (χ4v) is 12.8. The van der Waals surface area contributed by atoms with Crippen molar-refractivity contribution in [1.29, 1.82) is 10.8 Å². The number of phenols is 1. The van der Waals surface area contributed by atoms with Crippen molar-refractivity contribution in [1.82, 2.24) is 5.32 Å². The molecule has 1 amide bonds. The number of isocyanates is 2. The number of carboxylic acids is 1. The van der Waals surface area contributed by atoms with Crippen LogP contribution in [0.2, 0.25) is 0 Å². The molecule has 633 valence electrons. The Bertz CT molecular complexity index is 6140. The van der Waals surface area contributed by atoms with Gasteiger partial charge in [-0.15, -0.1) is 0 Å². The molecule has 6 heterocycles. The third kappa shape index (κ3) is 33.7. The number of hydrogen-bond acceptors (Lipinski definition) is 27. The number of aliphatic carboxylic acids is 1. The molecule has 3 unspecified atom stereocenters. The number of hydrogen-bond donors (Lipinski definition) is 6. The Morgan fingerprint density at radius 1 is 0.545 bits per heavy atom. The number of aryl methyl sites for hydroxylation is 4. The number of carbonyl (C=O) groups excluding carboxylic acids is 9. The van der Waals surface area contributed by atoms with E-state index in [0.717, 1.165) is 83.5 Å². The molecular weight excluding hydrogens is 1680 g/mol. The van der Waals surface area contributed by atoms with Crippen LogP contribution in [0.15, 0.2) is 263 Å². The number of amides is 1.